The van der Waals surface area contributed by atoms with Crippen LogP contribution in [0, 0.1) is 5.82 Å². The first-order valence-corrected chi connectivity index (χ1v) is 10.9. The zero-order valence-corrected chi connectivity index (χ0v) is 18.6. The topological polar surface area (TPSA) is 101 Å². The van der Waals surface area contributed by atoms with Gasteiger partial charge in [0, 0.05) is 29.2 Å². The van der Waals surface area contributed by atoms with Gasteiger partial charge < -0.3 is 15.2 Å². The van der Waals surface area contributed by atoms with Gasteiger partial charge in [0.2, 0.25) is 0 Å². The first-order chi connectivity index (χ1) is 17.0. The number of benzene rings is 2. The second kappa shape index (κ2) is 11.1. The van der Waals surface area contributed by atoms with Gasteiger partial charge in [0.05, 0.1) is 18.7 Å². The zero-order chi connectivity index (χ0) is 24.6. The summed E-state index contributed by atoms with van der Waals surface area (Å²) >= 11 is 0. The highest BCUT2D eigenvalue weighted by molar-refractivity contribution is 5.98. The molecule has 0 saturated heterocycles. The number of amides is 1. The third-order valence-corrected chi connectivity index (χ3v) is 5.18. The van der Waals surface area contributed by atoms with Crippen LogP contribution in [0.25, 0.3) is 11.3 Å². The number of pyridine rings is 2. The van der Waals surface area contributed by atoms with E-state index in [2.05, 4.69) is 15.3 Å². The molecule has 2 aromatic heterocycles. The normalized spacial score (nSPS) is 11.5. The molecule has 35 heavy (non-hydrogen) atoms. The van der Waals surface area contributed by atoms with Crippen LogP contribution in [0.1, 0.15) is 16.1 Å². The molecule has 0 aliphatic rings. The smallest absolute Gasteiger partial charge is 0.252 e. The lowest BCUT2D eigenvalue weighted by Gasteiger charge is -2.15. The number of nitrogens with zero attached hydrogens (tertiary/aromatic N) is 2. The van der Waals surface area contributed by atoms with Gasteiger partial charge in [-0.25, -0.2) is 4.39 Å². The average Bonchev–Trinajstić information content (AvgIpc) is 2.89. The molecule has 2 N–H and O–H groups in total. The van der Waals surface area contributed by atoms with E-state index >= 15 is 0 Å². The summed E-state index contributed by atoms with van der Waals surface area (Å²) in [5.74, 6) is -0.0553. The van der Waals surface area contributed by atoms with Crippen LogP contribution < -0.4 is 10.1 Å². The summed E-state index contributed by atoms with van der Waals surface area (Å²) in [4.78, 5) is 33.5. The lowest BCUT2D eigenvalue weighted by atomic mass is 10.1. The third-order valence-electron chi connectivity index (χ3n) is 5.18. The first kappa shape index (κ1) is 23.7. The van der Waals surface area contributed by atoms with E-state index in [0.29, 0.717) is 28.5 Å². The van der Waals surface area contributed by atoms with Crippen LogP contribution in [-0.2, 0) is 11.2 Å². The number of nitrogens with one attached hydrogen (secondary N) is 1. The molecule has 2 heterocycles. The minimum Gasteiger partial charge on any atom is -0.457 e. The van der Waals surface area contributed by atoms with Crippen molar-refractivity contribution in [3.8, 4) is 22.8 Å². The Hall–Kier alpha value is -4.43. The van der Waals surface area contributed by atoms with Gasteiger partial charge >= 0.3 is 0 Å². The highest BCUT2D eigenvalue weighted by atomic mass is 19.1. The van der Waals surface area contributed by atoms with Gasteiger partial charge in [-0.1, -0.05) is 6.07 Å². The van der Waals surface area contributed by atoms with E-state index in [1.807, 2.05) is 18.2 Å². The van der Waals surface area contributed by atoms with Crippen LogP contribution in [0.5, 0.6) is 11.5 Å². The molecule has 7 nitrogen and oxygen atoms in total. The van der Waals surface area contributed by atoms with Gasteiger partial charge in [-0.2, -0.15) is 0 Å². The minimum absolute atomic E-state index is 0.0541. The van der Waals surface area contributed by atoms with Crippen LogP contribution >= 0.6 is 0 Å². The number of aliphatic hydroxyl groups is 1. The van der Waals surface area contributed by atoms with E-state index in [9.17, 15) is 19.1 Å². The van der Waals surface area contributed by atoms with E-state index in [-0.39, 0.29) is 18.0 Å². The number of rotatable bonds is 9. The van der Waals surface area contributed by atoms with E-state index < -0.39 is 18.6 Å². The van der Waals surface area contributed by atoms with E-state index in [1.54, 1.807) is 36.4 Å². The maximum Gasteiger partial charge on any atom is 0.252 e. The molecule has 0 aliphatic heterocycles. The predicted octanol–water partition coefficient (Wildman–Crippen LogP) is 3.98. The Morgan fingerprint density at radius 3 is 2.23 bits per heavy atom. The Morgan fingerprint density at radius 1 is 0.914 bits per heavy atom. The van der Waals surface area contributed by atoms with Crippen molar-refractivity contribution in [3.63, 3.8) is 0 Å². The summed E-state index contributed by atoms with van der Waals surface area (Å²) in [5.41, 5.74) is 2.33. The van der Waals surface area contributed by atoms with Crippen molar-refractivity contribution in [1.82, 2.24) is 15.3 Å². The summed E-state index contributed by atoms with van der Waals surface area (Å²) in [5, 5.41) is 12.2. The van der Waals surface area contributed by atoms with Gasteiger partial charge in [-0.3, -0.25) is 19.6 Å². The van der Waals surface area contributed by atoms with Crippen molar-refractivity contribution in [2.45, 2.75) is 12.5 Å². The van der Waals surface area contributed by atoms with E-state index in [0.717, 1.165) is 5.56 Å². The van der Waals surface area contributed by atoms with Crippen molar-refractivity contribution in [2.75, 3.05) is 6.61 Å². The summed E-state index contributed by atoms with van der Waals surface area (Å²) in [6.45, 7) is -0.523. The van der Waals surface area contributed by atoms with Crippen LogP contribution in [0.3, 0.4) is 0 Å². The van der Waals surface area contributed by atoms with Gasteiger partial charge in [0.25, 0.3) is 5.91 Å². The number of ether oxygens (including phenoxy) is 1. The SMILES string of the molecule is O=C(N[C@@H](CO)C(=O)Cc1cccc(-c2ccc(Oc3ccc(F)cc3)cc2)n1)c1ccncc1. The summed E-state index contributed by atoms with van der Waals surface area (Å²) in [6, 6.07) is 20.3. The minimum atomic E-state index is -1.05. The Bertz CT molecular complexity index is 1300. The zero-order valence-electron chi connectivity index (χ0n) is 18.6. The quantitative estimate of drug-likeness (QED) is 0.383. The Balaban J connectivity index is 1.41. The third kappa shape index (κ3) is 6.33. The van der Waals surface area contributed by atoms with Gasteiger partial charge in [0.15, 0.2) is 5.78 Å². The standard InChI is InChI=1S/C27H22FN3O4/c28-20-6-10-23(11-7-20)35-22-8-4-18(5-9-22)24-3-1-2-21(30-24)16-26(33)25(17-32)31-27(34)19-12-14-29-15-13-19/h1-15,25,32H,16-17H2,(H,31,34)/t25-/m0/s1. The summed E-state index contributed by atoms with van der Waals surface area (Å²) in [6.07, 6.45) is 2.89. The first-order valence-electron chi connectivity index (χ1n) is 10.9. The molecule has 0 fully saturated rings. The second-order valence-corrected chi connectivity index (χ2v) is 7.68. The molecule has 0 unspecified atom stereocenters. The summed E-state index contributed by atoms with van der Waals surface area (Å²) in [7, 11) is 0. The molecule has 1 amide bonds. The molecule has 1 atom stereocenters. The molecule has 0 radical (unpaired) electrons. The molecule has 0 bridgehead atoms. The molecular weight excluding hydrogens is 449 g/mol. The number of halogens is 1. The molecule has 0 saturated carbocycles. The Morgan fingerprint density at radius 2 is 1.57 bits per heavy atom. The number of aliphatic hydroxyl groups excluding tert-OH is 1. The molecule has 0 spiro atoms. The molecule has 4 aromatic rings. The van der Waals surface area contributed by atoms with Crippen molar-refractivity contribution in [1.29, 1.82) is 0 Å². The fraction of sp³-hybridized carbons (Fsp3) is 0.111. The monoisotopic (exact) mass is 471 g/mol. The Kier molecular flexibility index (Phi) is 7.54. The Labute approximate surface area is 201 Å². The van der Waals surface area contributed by atoms with Crippen LogP contribution in [0.4, 0.5) is 4.39 Å². The number of carbonyl (C=O) groups excluding carboxylic acids is 2. The van der Waals surface area contributed by atoms with Crippen molar-refractivity contribution < 1.29 is 23.8 Å². The molecule has 176 valence electrons. The average molecular weight is 471 g/mol. The predicted molar refractivity (Wildman–Crippen MR) is 127 cm³/mol. The molecule has 2 aromatic carbocycles. The maximum absolute atomic E-state index is 13.1. The van der Waals surface area contributed by atoms with Gasteiger partial charge in [-0.05, 0) is 72.8 Å². The van der Waals surface area contributed by atoms with Crippen LogP contribution in [0.15, 0.2) is 91.3 Å². The number of hydrogen-bond acceptors (Lipinski definition) is 6. The second-order valence-electron chi connectivity index (χ2n) is 7.68. The number of hydrogen-bond donors (Lipinski definition) is 2. The van der Waals surface area contributed by atoms with Crippen LogP contribution in [0.2, 0.25) is 0 Å². The van der Waals surface area contributed by atoms with Crippen molar-refractivity contribution in [3.05, 3.63) is 108 Å². The van der Waals surface area contributed by atoms with Crippen molar-refractivity contribution >= 4 is 11.7 Å². The fourth-order valence-corrected chi connectivity index (χ4v) is 3.35. The lowest BCUT2D eigenvalue weighted by molar-refractivity contribution is -0.121. The largest absolute Gasteiger partial charge is 0.457 e. The highest BCUT2D eigenvalue weighted by Crippen LogP contribution is 2.25. The fourth-order valence-electron chi connectivity index (χ4n) is 3.35. The van der Waals surface area contributed by atoms with E-state index in [4.69, 9.17) is 4.74 Å². The molecule has 0 aliphatic carbocycles. The molecule has 8 heteroatoms. The summed E-state index contributed by atoms with van der Waals surface area (Å²) < 4.78 is 18.8. The highest BCUT2D eigenvalue weighted by Gasteiger charge is 2.21. The number of Topliss-reactive ketones (excluding diaryl/α,β-unsaturated/α-hetero) is 1. The van der Waals surface area contributed by atoms with Crippen LogP contribution in [-0.4, -0.2) is 39.4 Å². The van der Waals surface area contributed by atoms with Crippen molar-refractivity contribution in [2.24, 2.45) is 0 Å². The molecule has 4 rings (SSSR count). The number of ketones is 1. The number of carbonyl (C=O) groups is 2. The lowest BCUT2D eigenvalue weighted by Crippen LogP contribution is -2.44. The number of aromatic nitrogens is 2. The van der Waals surface area contributed by atoms with Gasteiger partial charge in [-0.15, -0.1) is 0 Å². The maximum atomic E-state index is 13.1. The van der Waals surface area contributed by atoms with E-state index in [1.165, 1.54) is 36.7 Å². The molecular formula is C27H22FN3O4. The van der Waals surface area contributed by atoms with Gasteiger partial charge in [0.1, 0.15) is 23.4 Å².